The molecule has 1 aromatic heterocycles. The molecular weight excluding hydrogens is 276 g/mol. The zero-order valence-corrected chi connectivity index (χ0v) is 10.7. The molecular formula is C9H15BrN4O2. The lowest BCUT2D eigenvalue weighted by molar-refractivity contribution is 0.0131. The van der Waals surface area contributed by atoms with Crippen LogP contribution in [0.25, 0.3) is 0 Å². The fraction of sp³-hybridized carbons (Fsp3) is 0.556. The molecule has 16 heavy (non-hydrogen) atoms. The Morgan fingerprint density at radius 2 is 2.06 bits per heavy atom. The summed E-state index contributed by atoms with van der Waals surface area (Å²) in [7, 11) is 1.75. The van der Waals surface area contributed by atoms with Gasteiger partial charge in [-0.25, -0.2) is 9.97 Å². The average molecular weight is 291 g/mol. The van der Waals surface area contributed by atoms with E-state index in [-0.39, 0.29) is 13.2 Å². The monoisotopic (exact) mass is 290 g/mol. The van der Waals surface area contributed by atoms with Gasteiger partial charge in [0, 0.05) is 13.6 Å². The lowest BCUT2D eigenvalue weighted by Crippen LogP contribution is -2.37. The number of nitrogens with one attached hydrogen (secondary N) is 2. The van der Waals surface area contributed by atoms with Crippen molar-refractivity contribution >= 4 is 27.6 Å². The smallest absolute Gasteiger partial charge is 0.146 e. The summed E-state index contributed by atoms with van der Waals surface area (Å²) < 4.78 is 0.686. The van der Waals surface area contributed by atoms with Gasteiger partial charge in [-0.15, -0.1) is 0 Å². The van der Waals surface area contributed by atoms with Crippen LogP contribution < -0.4 is 10.6 Å². The maximum atomic E-state index is 9.62. The second kappa shape index (κ2) is 5.42. The minimum atomic E-state index is -1.18. The van der Waals surface area contributed by atoms with Gasteiger partial charge in [0.15, 0.2) is 0 Å². The third-order valence-electron chi connectivity index (χ3n) is 2.00. The van der Waals surface area contributed by atoms with Gasteiger partial charge in [0.2, 0.25) is 0 Å². The van der Waals surface area contributed by atoms with E-state index in [4.69, 9.17) is 5.11 Å². The van der Waals surface area contributed by atoms with Crippen LogP contribution in [0, 0.1) is 0 Å². The zero-order chi connectivity index (χ0) is 12.2. The van der Waals surface area contributed by atoms with Gasteiger partial charge in [-0.1, -0.05) is 0 Å². The second-order valence-corrected chi connectivity index (χ2v) is 4.44. The Morgan fingerprint density at radius 3 is 2.62 bits per heavy atom. The highest BCUT2D eigenvalue weighted by molar-refractivity contribution is 9.10. The van der Waals surface area contributed by atoms with E-state index in [2.05, 4.69) is 36.5 Å². The van der Waals surface area contributed by atoms with Crippen LogP contribution in [0.1, 0.15) is 6.92 Å². The SMILES string of the molecule is CNc1ncnc(NCC(C)(O)CO)c1Br. The highest BCUT2D eigenvalue weighted by Gasteiger charge is 2.19. The molecule has 0 aliphatic carbocycles. The van der Waals surface area contributed by atoms with Crippen molar-refractivity contribution in [3.63, 3.8) is 0 Å². The third-order valence-corrected chi connectivity index (χ3v) is 2.75. The third kappa shape index (κ3) is 3.29. The largest absolute Gasteiger partial charge is 0.393 e. The van der Waals surface area contributed by atoms with E-state index in [1.807, 2.05) is 0 Å². The van der Waals surface area contributed by atoms with Crippen LogP contribution in [0.4, 0.5) is 11.6 Å². The molecule has 0 aliphatic rings. The van der Waals surface area contributed by atoms with Crippen molar-refractivity contribution in [1.82, 2.24) is 9.97 Å². The summed E-state index contributed by atoms with van der Waals surface area (Å²) in [5.74, 6) is 1.22. The van der Waals surface area contributed by atoms with Crippen molar-refractivity contribution in [2.45, 2.75) is 12.5 Å². The summed E-state index contributed by atoms with van der Waals surface area (Å²) >= 11 is 3.34. The molecule has 0 bridgehead atoms. The topological polar surface area (TPSA) is 90.3 Å². The Bertz CT molecular complexity index is 359. The molecule has 1 heterocycles. The molecule has 0 spiro atoms. The van der Waals surface area contributed by atoms with Gasteiger partial charge in [-0.2, -0.15) is 0 Å². The number of hydrogen-bond acceptors (Lipinski definition) is 6. The Balaban J connectivity index is 2.75. The van der Waals surface area contributed by atoms with Crippen LogP contribution in [-0.4, -0.2) is 46.0 Å². The van der Waals surface area contributed by atoms with Crippen molar-refractivity contribution in [2.75, 3.05) is 30.8 Å². The summed E-state index contributed by atoms with van der Waals surface area (Å²) in [5, 5.41) is 24.3. The molecule has 7 heteroatoms. The molecule has 6 nitrogen and oxygen atoms in total. The minimum absolute atomic E-state index is 0.197. The van der Waals surface area contributed by atoms with Crippen LogP contribution in [0.5, 0.6) is 0 Å². The van der Waals surface area contributed by atoms with Crippen molar-refractivity contribution < 1.29 is 10.2 Å². The first-order valence-electron chi connectivity index (χ1n) is 4.75. The van der Waals surface area contributed by atoms with E-state index in [1.165, 1.54) is 13.3 Å². The van der Waals surface area contributed by atoms with Gasteiger partial charge in [-0.05, 0) is 22.9 Å². The standard InChI is InChI=1S/C9H15BrN4O2/c1-9(16,4-15)3-12-8-6(10)7(11-2)13-5-14-8/h5,15-16H,3-4H2,1-2H3,(H2,11,12,13,14). The van der Waals surface area contributed by atoms with Crippen molar-refractivity contribution in [2.24, 2.45) is 0 Å². The molecule has 0 fully saturated rings. The highest BCUT2D eigenvalue weighted by atomic mass is 79.9. The molecule has 90 valence electrons. The van der Waals surface area contributed by atoms with Gasteiger partial charge in [0.1, 0.15) is 28.0 Å². The van der Waals surface area contributed by atoms with E-state index in [0.29, 0.717) is 16.1 Å². The van der Waals surface area contributed by atoms with Crippen molar-refractivity contribution in [1.29, 1.82) is 0 Å². The fourth-order valence-corrected chi connectivity index (χ4v) is 1.54. The predicted octanol–water partition coefficient (Wildman–Crippen LogP) is 0.436. The quantitative estimate of drug-likeness (QED) is 0.629. The van der Waals surface area contributed by atoms with Gasteiger partial charge >= 0.3 is 0 Å². The van der Waals surface area contributed by atoms with E-state index < -0.39 is 5.60 Å². The number of nitrogens with zero attached hydrogens (tertiary/aromatic N) is 2. The number of aliphatic hydroxyl groups excluding tert-OH is 1. The Morgan fingerprint density at radius 1 is 1.44 bits per heavy atom. The van der Waals surface area contributed by atoms with Crippen molar-refractivity contribution in [3.05, 3.63) is 10.8 Å². The van der Waals surface area contributed by atoms with E-state index in [1.54, 1.807) is 7.05 Å². The Hall–Kier alpha value is -0.920. The maximum absolute atomic E-state index is 9.62. The van der Waals surface area contributed by atoms with Crippen LogP contribution in [0.2, 0.25) is 0 Å². The summed E-state index contributed by atoms with van der Waals surface area (Å²) in [4.78, 5) is 8.02. The van der Waals surface area contributed by atoms with E-state index in [9.17, 15) is 5.11 Å². The maximum Gasteiger partial charge on any atom is 0.146 e. The lowest BCUT2D eigenvalue weighted by Gasteiger charge is -2.21. The molecule has 0 saturated heterocycles. The molecule has 0 aromatic carbocycles. The molecule has 0 amide bonds. The van der Waals surface area contributed by atoms with Gasteiger partial charge in [0.05, 0.1) is 6.61 Å². The molecule has 4 N–H and O–H groups in total. The molecule has 0 aliphatic heterocycles. The number of aliphatic hydroxyl groups is 2. The minimum Gasteiger partial charge on any atom is -0.393 e. The summed E-state index contributed by atoms with van der Waals surface area (Å²) in [5.41, 5.74) is -1.18. The average Bonchev–Trinajstić information content (AvgIpc) is 2.28. The van der Waals surface area contributed by atoms with Crippen molar-refractivity contribution in [3.8, 4) is 0 Å². The Labute approximate surface area is 102 Å². The number of anilines is 2. The van der Waals surface area contributed by atoms with E-state index >= 15 is 0 Å². The normalized spacial score (nSPS) is 14.3. The van der Waals surface area contributed by atoms with Gasteiger partial charge < -0.3 is 20.8 Å². The first kappa shape index (κ1) is 13.1. The number of aromatic nitrogens is 2. The zero-order valence-electron chi connectivity index (χ0n) is 9.16. The molecule has 0 saturated carbocycles. The van der Waals surface area contributed by atoms with Crippen LogP contribution in [-0.2, 0) is 0 Å². The fourth-order valence-electron chi connectivity index (χ4n) is 0.997. The molecule has 0 radical (unpaired) electrons. The molecule has 1 aromatic rings. The summed E-state index contributed by atoms with van der Waals surface area (Å²) in [6.45, 7) is 1.41. The summed E-state index contributed by atoms with van der Waals surface area (Å²) in [6, 6.07) is 0. The highest BCUT2D eigenvalue weighted by Crippen LogP contribution is 2.26. The molecule has 1 atom stereocenters. The van der Waals surface area contributed by atoms with Crippen LogP contribution >= 0.6 is 15.9 Å². The van der Waals surface area contributed by atoms with Crippen LogP contribution in [0.3, 0.4) is 0 Å². The van der Waals surface area contributed by atoms with E-state index in [0.717, 1.165) is 0 Å². The first-order chi connectivity index (χ1) is 7.50. The molecule has 1 rings (SSSR count). The number of hydrogen-bond donors (Lipinski definition) is 4. The Kier molecular flexibility index (Phi) is 4.45. The number of rotatable bonds is 5. The van der Waals surface area contributed by atoms with Crippen LogP contribution in [0.15, 0.2) is 10.8 Å². The second-order valence-electron chi connectivity index (χ2n) is 3.64. The lowest BCUT2D eigenvalue weighted by atomic mass is 10.1. The summed E-state index contributed by atoms with van der Waals surface area (Å²) in [6.07, 6.45) is 1.41. The van der Waals surface area contributed by atoms with Gasteiger partial charge in [-0.3, -0.25) is 0 Å². The van der Waals surface area contributed by atoms with Gasteiger partial charge in [0.25, 0.3) is 0 Å². The first-order valence-corrected chi connectivity index (χ1v) is 5.55. The molecule has 1 unspecified atom stereocenters. The number of halogens is 1. The predicted molar refractivity (Wildman–Crippen MR) is 65.5 cm³/mol.